The third-order valence-corrected chi connectivity index (χ3v) is 4.23. The third kappa shape index (κ3) is 5.83. The van der Waals surface area contributed by atoms with Crippen LogP contribution < -0.4 is 10.6 Å². The van der Waals surface area contributed by atoms with Gasteiger partial charge in [-0.2, -0.15) is 0 Å². The Bertz CT molecular complexity index is 540. The minimum absolute atomic E-state index is 0.00760. The van der Waals surface area contributed by atoms with Gasteiger partial charge < -0.3 is 15.5 Å². The summed E-state index contributed by atoms with van der Waals surface area (Å²) >= 11 is 0. The molecule has 1 aromatic rings. The van der Waals surface area contributed by atoms with E-state index < -0.39 is 0 Å². The second-order valence-corrected chi connectivity index (χ2v) is 6.19. The average molecular weight is 335 g/mol. The maximum Gasteiger partial charge on any atom is 0.317 e. The van der Waals surface area contributed by atoms with Crippen molar-refractivity contribution in [3.8, 4) is 0 Å². The number of amides is 3. The summed E-state index contributed by atoms with van der Waals surface area (Å²) in [5.74, 6) is -0.258. The van der Waals surface area contributed by atoms with E-state index in [0.717, 1.165) is 24.8 Å². The lowest BCUT2D eigenvalue weighted by Crippen LogP contribution is -2.49. The number of aryl methyl sites for hydroxylation is 1. The number of hydrogen-bond donors (Lipinski definition) is 2. The van der Waals surface area contributed by atoms with Gasteiger partial charge in [0.05, 0.1) is 0 Å². The van der Waals surface area contributed by atoms with Crippen LogP contribution in [0.4, 0.5) is 9.18 Å². The van der Waals surface area contributed by atoms with E-state index in [1.54, 1.807) is 17.0 Å². The zero-order valence-corrected chi connectivity index (χ0v) is 14.2. The largest absolute Gasteiger partial charge is 0.353 e. The zero-order valence-electron chi connectivity index (χ0n) is 14.2. The van der Waals surface area contributed by atoms with E-state index in [-0.39, 0.29) is 23.8 Å². The predicted octanol–water partition coefficient (Wildman–Crippen LogP) is 2.46. The number of piperidine rings is 1. The van der Waals surface area contributed by atoms with Crippen LogP contribution >= 0.6 is 0 Å². The molecule has 0 spiro atoms. The van der Waals surface area contributed by atoms with Crippen LogP contribution in [0.2, 0.25) is 0 Å². The molecule has 0 radical (unpaired) electrons. The molecule has 1 heterocycles. The highest BCUT2D eigenvalue weighted by Gasteiger charge is 2.23. The Kier molecular flexibility index (Phi) is 7.03. The van der Waals surface area contributed by atoms with Crippen molar-refractivity contribution in [1.82, 2.24) is 15.5 Å². The summed E-state index contributed by atoms with van der Waals surface area (Å²) in [6.45, 7) is 4.05. The highest BCUT2D eigenvalue weighted by molar-refractivity contribution is 5.77. The Balaban J connectivity index is 1.66. The van der Waals surface area contributed by atoms with Crippen LogP contribution in [0.5, 0.6) is 0 Å². The normalized spacial score (nSPS) is 15.2. The van der Waals surface area contributed by atoms with Crippen LogP contribution in [0.25, 0.3) is 0 Å². The number of rotatable bonds is 6. The third-order valence-electron chi connectivity index (χ3n) is 4.23. The molecule has 6 heteroatoms. The van der Waals surface area contributed by atoms with E-state index in [4.69, 9.17) is 0 Å². The fraction of sp³-hybridized carbons (Fsp3) is 0.556. The summed E-state index contributed by atoms with van der Waals surface area (Å²) in [5.41, 5.74) is 0.953. The van der Waals surface area contributed by atoms with Crippen LogP contribution in [0.15, 0.2) is 24.3 Å². The Morgan fingerprint density at radius 1 is 1.21 bits per heavy atom. The van der Waals surface area contributed by atoms with Crippen molar-refractivity contribution in [2.24, 2.45) is 0 Å². The Labute approximate surface area is 142 Å². The first-order chi connectivity index (χ1) is 11.6. The van der Waals surface area contributed by atoms with Crippen LogP contribution in [0, 0.1) is 5.82 Å². The SMILES string of the molecule is CCCNC(=O)N1CCC(NC(=O)CCc2ccc(F)cc2)CC1. The summed E-state index contributed by atoms with van der Waals surface area (Å²) in [5, 5.41) is 5.90. The molecule has 1 aliphatic rings. The van der Waals surface area contributed by atoms with Crippen LogP contribution in [0.3, 0.4) is 0 Å². The number of carbonyl (C=O) groups excluding carboxylic acids is 2. The molecule has 5 nitrogen and oxygen atoms in total. The molecule has 2 rings (SSSR count). The molecule has 0 bridgehead atoms. The topological polar surface area (TPSA) is 61.4 Å². The zero-order chi connectivity index (χ0) is 17.4. The number of carbonyl (C=O) groups is 2. The van der Waals surface area contributed by atoms with Gasteiger partial charge in [-0.25, -0.2) is 9.18 Å². The predicted molar refractivity (Wildman–Crippen MR) is 91.1 cm³/mol. The first-order valence-corrected chi connectivity index (χ1v) is 8.65. The fourth-order valence-electron chi connectivity index (χ4n) is 2.78. The van der Waals surface area contributed by atoms with Crippen molar-refractivity contribution in [3.05, 3.63) is 35.6 Å². The molecule has 24 heavy (non-hydrogen) atoms. The van der Waals surface area contributed by atoms with Crippen molar-refractivity contribution in [1.29, 1.82) is 0 Å². The van der Waals surface area contributed by atoms with Gasteiger partial charge in [-0.05, 0) is 43.4 Å². The number of urea groups is 1. The van der Waals surface area contributed by atoms with Gasteiger partial charge in [-0.3, -0.25) is 4.79 Å². The highest BCUT2D eigenvalue weighted by atomic mass is 19.1. The number of nitrogens with zero attached hydrogens (tertiary/aromatic N) is 1. The number of hydrogen-bond acceptors (Lipinski definition) is 2. The van der Waals surface area contributed by atoms with E-state index in [9.17, 15) is 14.0 Å². The maximum atomic E-state index is 12.8. The van der Waals surface area contributed by atoms with Gasteiger partial charge in [-0.15, -0.1) is 0 Å². The maximum absolute atomic E-state index is 12.8. The van der Waals surface area contributed by atoms with Gasteiger partial charge in [0, 0.05) is 32.1 Å². The first-order valence-electron chi connectivity index (χ1n) is 8.65. The first kappa shape index (κ1) is 18.2. The van der Waals surface area contributed by atoms with Gasteiger partial charge >= 0.3 is 6.03 Å². The number of halogens is 1. The molecule has 0 aliphatic carbocycles. The minimum Gasteiger partial charge on any atom is -0.353 e. The van der Waals surface area contributed by atoms with Crippen molar-refractivity contribution >= 4 is 11.9 Å². The molecular formula is C18H26FN3O2. The number of likely N-dealkylation sites (tertiary alicyclic amines) is 1. The van der Waals surface area contributed by atoms with E-state index in [1.165, 1.54) is 12.1 Å². The average Bonchev–Trinajstić information content (AvgIpc) is 2.60. The molecule has 2 N–H and O–H groups in total. The molecular weight excluding hydrogens is 309 g/mol. The van der Waals surface area contributed by atoms with Crippen LogP contribution in [0.1, 0.15) is 38.2 Å². The summed E-state index contributed by atoms with van der Waals surface area (Å²) in [6, 6.07) is 6.34. The van der Waals surface area contributed by atoms with Crippen molar-refractivity contribution < 1.29 is 14.0 Å². The number of nitrogens with one attached hydrogen (secondary N) is 2. The smallest absolute Gasteiger partial charge is 0.317 e. The van der Waals surface area contributed by atoms with E-state index >= 15 is 0 Å². The van der Waals surface area contributed by atoms with Crippen LogP contribution in [-0.4, -0.2) is 42.5 Å². The Morgan fingerprint density at radius 3 is 2.50 bits per heavy atom. The minimum atomic E-state index is -0.266. The molecule has 1 saturated heterocycles. The number of benzene rings is 1. The summed E-state index contributed by atoms with van der Waals surface area (Å²) in [7, 11) is 0. The molecule has 0 atom stereocenters. The van der Waals surface area contributed by atoms with Gasteiger partial charge in [0.15, 0.2) is 0 Å². The molecule has 3 amide bonds. The molecule has 1 aromatic carbocycles. The Morgan fingerprint density at radius 2 is 1.88 bits per heavy atom. The van der Waals surface area contributed by atoms with Crippen molar-refractivity contribution in [2.75, 3.05) is 19.6 Å². The lowest BCUT2D eigenvalue weighted by Gasteiger charge is -2.32. The highest BCUT2D eigenvalue weighted by Crippen LogP contribution is 2.11. The van der Waals surface area contributed by atoms with Crippen molar-refractivity contribution in [3.63, 3.8) is 0 Å². The van der Waals surface area contributed by atoms with Gasteiger partial charge in [0.1, 0.15) is 5.82 Å². The standard InChI is InChI=1S/C18H26FN3O2/c1-2-11-20-18(24)22-12-9-16(10-13-22)21-17(23)8-5-14-3-6-15(19)7-4-14/h3-4,6-7,16H,2,5,8-13H2,1H3,(H,20,24)(H,21,23). The van der Waals surface area contributed by atoms with Gasteiger partial charge in [0.2, 0.25) is 5.91 Å². The molecule has 0 aromatic heterocycles. The molecule has 0 unspecified atom stereocenters. The van der Waals surface area contributed by atoms with E-state index in [1.807, 2.05) is 6.92 Å². The van der Waals surface area contributed by atoms with Crippen LogP contribution in [-0.2, 0) is 11.2 Å². The quantitative estimate of drug-likeness (QED) is 0.839. The Hall–Kier alpha value is -2.11. The lowest BCUT2D eigenvalue weighted by atomic mass is 10.0. The second-order valence-electron chi connectivity index (χ2n) is 6.19. The summed E-state index contributed by atoms with van der Waals surface area (Å²) in [4.78, 5) is 25.7. The monoisotopic (exact) mass is 335 g/mol. The van der Waals surface area contributed by atoms with E-state index in [2.05, 4.69) is 10.6 Å². The fourth-order valence-corrected chi connectivity index (χ4v) is 2.78. The van der Waals surface area contributed by atoms with Gasteiger partial charge in [0.25, 0.3) is 0 Å². The summed E-state index contributed by atoms with van der Waals surface area (Å²) in [6.07, 6.45) is 3.48. The molecule has 1 aliphatic heterocycles. The second kappa shape index (κ2) is 9.25. The van der Waals surface area contributed by atoms with E-state index in [0.29, 0.717) is 32.5 Å². The van der Waals surface area contributed by atoms with Crippen molar-refractivity contribution in [2.45, 2.75) is 45.1 Å². The molecule has 1 fully saturated rings. The summed E-state index contributed by atoms with van der Waals surface area (Å²) < 4.78 is 12.8. The molecule has 132 valence electrons. The molecule has 0 saturated carbocycles. The van der Waals surface area contributed by atoms with Gasteiger partial charge in [-0.1, -0.05) is 19.1 Å². The lowest BCUT2D eigenvalue weighted by molar-refractivity contribution is -0.122.